The number of aryl methyl sites for hydroxylation is 1. The summed E-state index contributed by atoms with van der Waals surface area (Å²) in [6, 6.07) is 0. The standard InChI is InChI=1S/C6H14O.C4H7N3/c1-5(2)6(3,4)7;1-7-3-6-2-4(7)5/h5,7H,1-4H3;2-3H,5H2,1H3. The van der Waals surface area contributed by atoms with E-state index >= 15 is 0 Å². The molecule has 0 aliphatic carbocycles. The van der Waals surface area contributed by atoms with E-state index in [-0.39, 0.29) is 0 Å². The summed E-state index contributed by atoms with van der Waals surface area (Å²) in [7, 11) is 1.85. The van der Waals surface area contributed by atoms with E-state index in [1.165, 1.54) is 0 Å². The van der Waals surface area contributed by atoms with Crippen LogP contribution < -0.4 is 5.73 Å². The van der Waals surface area contributed by atoms with Crippen molar-refractivity contribution in [2.45, 2.75) is 33.3 Å². The number of imidazole rings is 1. The molecule has 0 amide bonds. The topological polar surface area (TPSA) is 64.1 Å². The fourth-order valence-corrected chi connectivity index (χ4v) is 0.367. The summed E-state index contributed by atoms with van der Waals surface area (Å²) in [6.45, 7) is 7.63. The van der Waals surface area contributed by atoms with Crippen LogP contribution in [0.5, 0.6) is 0 Å². The maximum Gasteiger partial charge on any atom is 0.122 e. The molecule has 0 aliphatic rings. The highest BCUT2D eigenvalue weighted by Gasteiger charge is 2.16. The molecule has 14 heavy (non-hydrogen) atoms. The van der Waals surface area contributed by atoms with Gasteiger partial charge in [-0.25, -0.2) is 4.98 Å². The number of anilines is 1. The zero-order chi connectivity index (χ0) is 11.4. The maximum absolute atomic E-state index is 9.09. The molecule has 4 nitrogen and oxygen atoms in total. The van der Waals surface area contributed by atoms with Crippen molar-refractivity contribution in [3.8, 4) is 0 Å². The largest absolute Gasteiger partial charge is 0.390 e. The van der Waals surface area contributed by atoms with Crippen LogP contribution in [0.1, 0.15) is 27.7 Å². The first kappa shape index (κ1) is 13.0. The molecule has 0 aromatic carbocycles. The van der Waals surface area contributed by atoms with Crippen molar-refractivity contribution in [3.63, 3.8) is 0 Å². The van der Waals surface area contributed by atoms with Gasteiger partial charge in [0.1, 0.15) is 5.82 Å². The average molecular weight is 199 g/mol. The Balaban J connectivity index is 0.000000241. The Hall–Kier alpha value is -1.03. The van der Waals surface area contributed by atoms with E-state index < -0.39 is 5.60 Å². The predicted molar refractivity (Wildman–Crippen MR) is 58.8 cm³/mol. The van der Waals surface area contributed by atoms with Gasteiger partial charge in [-0.1, -0.05) is 13.8 Å². The van der Waals surface area contributed by atoms with Crippen LogP contribution in [0.2, 0.25) is 0 Å². The van der Waals surface area contributed by atoms with Gasteiger partial charge in [0.15, 0.2) is 0 Å². The van der Waals surface area contributed by atoms with Gasteiger partial charge < -0.3 is 15.4 Å². The van der Waals surface area contributed by atoms with Gasteiger partial charge in [-0.2, -0.15) is 0 Å². The van der Waals surface area contributed by atoms with Crippen LogP contribution in [0.3, 0.4) is 0 Å². The van der Waals surface area contributed by atoms with Gasteiger partial charge in [-0.05, 0) is 19.8 Å². The van der Waals surface area contributed by atoms with Crippen molar-refractivity contribution < 1.29 is 5.11 Å². The predicted octanol–water partition coefficient (Wildman–Crippen LogP) is 1.42. The number of nitrogens with zero attached hydrogens (tertiary/aromatic N) is 2. The molecule has 0 unspecified atom stereocenters. The zero-order valence-corrected chi connectivity index (χ0v) is 9.65. The van der Waals surface area contributed by atoms with Gasteiger partial charge in [-0.15, -0.1) is 0 Å². The van der Waals surface area contributed by atoms with Gasteiger partial charge in [0.2, 0.25) is 0 Å². The highest BCUT2D eigenvalue weighted by Crippen LogP contribution is 2.12. The molecule has 0 spiro atoms. The summed E-state index contributed by atoms with van der Waals surface area (Å²) in [4.78, 5) is 3.76. The fourth-order valence-electron chi connectivity index (χ4n) is 0.367. The van der Waals surface area contributed by atoms with Gasteiger partial charge in [0.05, 0.1) is 18.1 Å². The monoisotopic (exact) mass is 199 g/mol. The molecule has 1 aromatic heterocycles. The quantitative estimate of drug-likeness (QED) is 0.719. The third kappa shape index (κ3) is 4.87. The SMILES string of the molecule is CC(C)C(C)(C)O.Cn1cncc1N. The highest BCUT2D eigenvalue weighted by molar-refractivity contribution is 5.23. The Bertz CT molecular complexity index is 244. The Morgan fingerprint density at radius 3 is 2.00 bits per heavy atom. The average Bonchev–Trinajstić information content (AvgIpc) is 2.35. The minimum Gasteiger partial charge on any atom is -0.390 e. The van der Waals surface area contributed by atoms with E-state index in [1.54, 1.807) is 17.1 Å². The molecule has 0 fully saturated rings. The molecule has 3 N–H and O–H groups in total. The first-order valence-corrected chi connectivity index (χ1v) is 4.69. The number of hydrogen-bond acceptors (Lipinski definition) is 3. The lowest BCUT2D eigenvalue weighted by molar-refractivity contribution is 0.0327. The van der Waals surface area contributed by atoms with E-state index in [4.69, 9.17) is 10.8 Å². The smallest absolute Gasteiger partial charge is 0.122 e. The Labute approximate surface area is 85.8 Å². The number of nitrogen functional groups attached to an aromatic ring is 1. The van der Waals surface area contributed by atoms with Crippen molar-refractivity contribution in [2.75, 3.05) is 5.73 Å². The summed E-state index contributed by atoms with van der Waals surface area (Å²) < 4.78 is 1.75. The van der Waals surface area contributed by atoms with Gasteiger partial charge in [0, 0.05) is 7.05 Å². The van der Waals surface area contributed by atoms with E-state index in [9.17, 15) is 0 Å². The van der Waals surface area contributed by atoms with Crippen LogP contribution in [0, 0.1) is 5.92 Å². The summed E-state index contributed by atoms with van der Waals surface area (Å²) in [6.07, 6.45) is 3.27. The first-order chi connectivity index (χ1) is 6.25. The maximum atomic E-state index is 9.09. The molecule has 0 radical (unpaired) electrons. The van der Waals surface area contributed by atoms with Crippen molar-refractivity contribution in [2.24, 2.45) is 13.0 Å². The molecule has 0 atom stereocenters. The Morgan fingerprint density at radius 1 is 1.50 bits per heavy atom. The summed E-state index contributed by atoms with van der Waals surface area (Å²) in [5.41, 5.74) is 4.84. The molecule has 1 rings (SSSR count). The van der Waals surface area contributed by atoms with Crippen molar-refractivity contribution in [1.29, 1.82) is 0 Å². The van der Waals surface area contributed by atoms with E-state index in [2.05, 4.69) is 4.98 Å². The highest BCUT2D eigenvalue weighted by atomic mass is 16.3. The van der Waals surface area contributed by atoms with Crippen molar-refractivity contribution in [3.05, 3.63) is 12.5 Å². The number of aromatic nitrogens is 2. The van der Waals surface area contributed by atoms with E-state index in [0.717, 1.165) is 0 Å². The zero-order valence-electron chi connectivity index (χ0n) is 9.65. The molecule has 0 saturated carbocycles. The second-order valence-electron chi connectivity index (χ2n) is 4.24. The molecule has 0 aliphatic heterocycles. The van der Waals surface area contributed by atoms with Gasteiger partial charge >= 0.3 is 0 Å². The van der Waals surface area contributed by atoms with E-state index in [0.29, 0.717) is 11.7 Å². The Morgan fingerprint density at radius 2 is 1.93 bits per heavy atom. The number of aliphatic hydroxyl groups is 1. The van der Waals surface area contributed by atoms with Crippen LogP contribution in [0.4, 0.5) is 5.82 Å². The lowest BCUT2D eigenvalue weighted by Gasteiger charge is -2.21. The van der Waals surface area contributed by atoms with E-state index in [1.807, 2.05) is 34.7 Å². The third-order valence-corrected chi connectivity index (χ3v) is 2.27. The summed E-state index contributed by atoms with van der Waals surface area (Å²) in [5.74, 6) is 1.05. The van der Waals surface area contributed by atoms with Gasteiger partial charge in [-0.3, -0.25) is 0 Å². The van der Waals surface area contributed by atoms with Crippen molar-refractivity contribution >= 4 is 5.82 Å². The molecule has 0 saturated heterocycles. The summed E-state index contributed by atoms with van der Waals surface area (Å²) in [5, 5.41) is 9.09. The molecule has 1 heterocycles. The van der Waals surface area contributed by atoms with Crippen LogP contribution in [0.25, 0.3) is 0 Å². The molecule has 82 valence electrons. The second kappa shape index (κ2) is 5.00. The normalized spacial score (nSPS) is 11.1. The lowest BCUT2D eigenvalue weighted by atomic mass is 9.95. The minimum atomic E-state index is -0.500. The van der Waals surface area contributed by atoms with Crippen LogP contribution in [-0.2, 0) is 7.05 Å². The van der Waals surface area contributed by atoms with Crippen LogP contribution in [0.15, 0.2) is 12.5 Å². The summed E-state index contributed by atoms with van der Waals surface area (Å²) >= 11 is 0. The first-order valence-electron chi connectivity index (χ1n) is 4.69. The molecular formula is C10H21N3O. The second-order valence-corrected chi connectivity index (χ2v) is 4.24. The Kier molecular flexibility index (Phi) is 4.63. The number of rotatable bonds is 1. The van der Waals surface area contributed by atoms with Crippen molar-refractivity contribution in [1.82, 2.24) is 9.55 Å². The lowest BCUT2D eigenvalue weighted by Crippen LogP contribution is -2.25. The van der Waals surface area contributed by atoms with Crippen LogP contribution in [-0.4, -0.2) is 20.3 Å². The minimum absolute atomic E-state index is 0.354. The molecule has 0 bridgehead atoms. The molecule has 1 aromatic rings. The number of nitrogens with two attached hydrogens (primary N) is 1. The fraction of sp³-hybridized carbons (Fsp3) is 0.700. The molecular weight excluding hydrogens is 178 g/mol. The molecule has 4 heteroatoms. The number of hydrogen-bond donors (Lipinski definition) is 2. The van der Waals surface area contributed by atoms with Gasteiger partial charge in [0.25, 0.3) is 0 Å². The van der Waals surface area contributed by atoms with Crippen LogP contribution >= 0.6 is 0 Å². The third-order valence-electron chi connectivity index (χ3n) is 2.27.